The predicted molar refractivity (Wildman–Crippen MR) is 110 cm³/mol. The van der Waals surface area contributed by atoms with Gasteiger partial charge in [0, 0.05) is 35.8 Å². The maximum atomic E-state index is 6.12. The van der Waals surface area contributed by atoms with E-state index in [1.165, 1.54) is 16.5 Å². The lowest BCUT2D eigenvalue weighted by Gasteiger charge is -2.21. The van der Waals surface area contributed by atoms with Gasteiger partial charge in [-0.25, -0.2) is 4.99 Å². The molecule has 1 aromatic carbocycles. The summed E-state index contributed by atoms with van der Waals surface area (Å²) in [5, 5.41) is 3.23. The summed E-state index contributed by atoms with van der Waals surface area (Å²) in [5.74, 6) is 0.569. The molecule has 0 bridgehead atoms. The molecule has 0 saturated heterocycles. The molecule has 1 aliphatic heterocycles. The fourth-order valence-corrected chi connectivity index (χ4v) is 3.70. The van der Waals surface area contributed by atoms with E-state index in [1.54, 1.807) is 11.3 Å². The molecule has 0 amide bonds. The number of nitrogens with zero attached hydrogens (tertiary/aromatic N) is 2. The number of rotatable bonds is 3. The maximum absolute atomic E-state index is 6.12. The van der Waals surface area contributed by atoms with Crippen LogP contribution in [0.4, 0.5) is 5.69 Å². The minimum absolute atomic E-state index is 0. The number of nitrogens with two attached hydrogens (primary N) is 1. The van der Waals surface area contributed by atoms with Gasteiger partial charge in [-0.15, -0.1) is 23.7 Å². The zero-order valence-corrected chi connectivity index (χ0v) is 15.7. The van der Waals surface area contributed by atoms with Crippen molar-refractivity contribution in [2.45, 2.75) is 6.42 Å². The molecule has 3 N–H and O–H groups in total. The number of likely N-dealkylation sites (N-methyl/N-ethyl adjacent to an activating group) is 1. The molecule has 3 aromatic rings. The fraction of sp³-hybridized carbons (Fsp3) is 0.211. The number of hydrogen-bond acceptors (Lipinski definition) is 3. The summed E-state index contributed by atoms with van der Waals surface area (Å²) in [7, 11) is 2.16. The van der Waals surface area contributed by atoms with Crippen molar-refractivity contribution in [3.05, 3.63) is 58.4 Å². The molecular formula is C19H21ClN4S. The second kappa shape index (κ2) is 7.44. The van der Waals surface area contributed by atoms with E-state index < -0.39 is 0 Å². The number of nitrogens with one attached hydrogen (secondary N) is 1. The second-order valence-corrected chi connectivity index (χ2v) is 7.10. The molecule has 2 aromatic heterocycles. The number of H-pyrrole nitrogens is 1. The molecule has 0 saturated carbocycles. The van der Waals surface area contributed by atoms with Crippen LogP contribution in [0.1, 0.15) is 16.9 Å². The highest BCUT2D eigenvalue weighted by Gasteiger charge is 2.13. The largest absolute Gasteiger partial charge is 0.383 e. The second-order valence-electron chi connectivity index (χ2n) is 6.15. The number of aliphatic imine (C=N–C) groups is 1. The summed E-state index contributed by atoms with van der Waals surface area (Å²) in [5.41, 5.74) is 10.8. The van der Waals surface area contributed by atoms with Crippen molar-refractivity contribution >= 4 is 51.7 Å². The number of aromatic nitrogens is 1. The first-order valence-corrected chi connectivity index (χ1v) is 8.96. The molecule has 0 atom stereocenters. The van der Waals surface area contributed by atoms with E-state index >= 15 is 0 Å². The molecule has 130 valence electrons. The first kappa shape index (κ1) is 17.7. The van der Waals surface area contributed by atoms with Gasteiger partial charge < -0.3 is 15.6 Å². The Hall–Kier alpha value is -2.08. The van der Waals surface area contributed by atoms with Crippen LogP contribution in [0.5, 0.6) is 0 Å². The third-order valence-electron chi connectivity index (χ3n) is 4.45. The van der Waals surface area contributed by atoms with E-state index in [0.29, 0.717) is 5.84 Å². The van der Waals surface area contributed by atoms with Gasteiger partial charge in [-0.2, -0.15) is 0 Å². The average Bonchev–Trinajstić information content (AvgIpc) is 3.25. The monoisotopic (exact) mass is 372 g/mol. The minimum Gasteiger partial charge on any atom is -0.383 e. The molecule has 1 aliphatic rings. The van der Waals surface area contributed by atoms with Crippen LogP contribution in [0, 0.1) is 0 Å². The summed E-state index contributed by atoms with van der Waals surface area (Å²) in [4.78, 5) is 11.3. The van der Waals surface area contributed by atoms with Crippen LogP contribution in [0.2, 0.25) is 0 Å². The summed E-state index contributed by atoms with van der Waals surface area (Å²) in [6.45, 7) is 2.10. The Morgan fingerprint density at radius 3 is 2.92 bits per heavy atom. The third kappa shape index (κ3) is 3.63. The lowest BCUT2D eigenvalue weighted by Crippen LogP contribution is -2.23. The van der Waals surface area contributed by atoms with Crippen molar-refractivity contribution < 1.29 is 0 Å². The van der Waals surface area contributed by atoms with Crippen LogP contribution in [0.3, 0.4) is 0 Å². The average molecular weight is 373 g/mol. The van der Waals surface area contributed by atoms with Crippen LogP contribution in [-0.4, -0.2) is 35.9 Å². The number of thiophene rings is 1. The fourth-order valence-electron chi connectivity index (χ4n) is 3.08. The molecule has 4 rings (SSSR count). The van der Waals surface area contributed by atoms with Crippen LogP contribution < -0.4 is 5.73 Å². The highest BCUT2D eigenvalue weighted by Crippen LogP contribution is 2.31. The molecule has 0 spiro atoms. The van der Waals surface area contributed by atoms with Gasteiger partial charge in [0.25, 0.3) is 0 Å². The summed E-state index contributed by atoms with van der Waals surface area (Å²) in [6.07, 6.45) is 5.51. The van der Waals surface area contributed by atoms with Crippen molar-refractivity contribution in [2.75, 3.05) is 20.1 Å². The molecule has 0 aliphatic carbocycles. The lowest BCUT2D eigenvalue weighted by molar-refractivity contribution is 0.370. The number of aromatic amines is 1. The summed E-state index contributed by atoms with van der Waals surface area (Å²) < 4.78 is 0. The molecular weight excluding hydrogens is 352 g/mol. The van der Waals surface area contributed by atoms with Gasteiger partial charge in [0.2, 0.25) is 0 Å². The normalized spacial score (nSPS) is 15.9. The predicted octanol–water partition coefficient (Wildman–Crippen LogP) is 4.41. The van der Waals surface area contributed by atoms with Gasteiger partial charge in [0.1, 0.15) is 5.84 Å². The molecule has 0 unspecified atom stereocenters. The van der Waals surface area contributed by atoms with Crippen molar-refractivity contribution in [3.8, 4) is 0 Å². The van der Waals surface area contributed by atoms with Gasteiger partial charge in [-0.05, 0) is 48.7 Å². The Balaban J connectivity index is 0.00000182. The Labute approximate surface area is 157 Å². The Kier molecular flexibility index (Phi) is 5.27. The highest BCUT2D eigenvalue weighted by molar-refractivity contribution is 7.12. The first-order valence-electron chi connectivity index (χ1n) is 8.08. The van der Waals surface area contributed by atoms with Crippen LogP contribution in [-0.2, 0) is 0 Å². The number of hydrogen-bond donors (Lipinski definition) is 2. The quantitative estimate of drug-likeness (QED) is 0.528. The number of fused-ring (bicyclic) bond motifs is 1. The number of halogens is 1. The molecule has 6 heteroatoms. The summed E-state index contributed by atoms with van der Waals surface area (Å²) >= 11 is 1.61. The maximum Gasteiger partial charge on any atom is 0.141 e. The van der Waals surface area contributed by atoms with Gasteiger partial charge in [0.15, 0.2) is 0 Å². The Morgan fingerprint density at radius 2 is 2.20 bits per heavy atom. The van der Waals surface area contributed by atoms with Gasteiger partial charge in [-0.3, -0.25) is 0 Å². The van der Waals surface area contributed by atoms with Crippen LogP contribution in [0.25, 0.3) is 16.5 Å². The molecule has 4 nitrogen and oxygen atoms in total. The molecule has 0 radical (unpaired) electrons. The topological polar surface area (TPSA) is 57.4 Å². The zero-order valence-electron chi connectivity index (χ0n) is 14.0. The summed E-state index contributed by atoms with van der Waals surface area (Å²) in [6, 6.07) is 10.2. The van der Waals surface area contributed by atoms with Crippen LogP contribution >= 0.6 is 23.7 Å². The molecule has 3 heterocycles. The lowest BCUT2D eigenvalue weighted by atomic mass is 9.99. The number of amidine groups is 1. The standard InChI is InChI=1S/C19H20N4S.ClH/c1-23-8-6-13(7-9-23)16-12-21-17-5-4-14(11-15(16)17)22-19(20)18-3-2-10-24-18;/h2-6,10-12,21H,7-9H2,1H3,(H2,20,22);1H. The molecule has 0 fully saturated rings. The van der Waals surface area contributed by atoms with E-state index in [1.807, 2.05) is 23.6 Å². The van der Waals surface area contributed by atoms with Gasteiger partial charge in [0.05, 0.1) is 10.6 Å². The molecule has 25 heavy (non-hydrogen) atoms. The highest BCUT2D eigenvalue weighted by atomic mass is 35.5. The van der Waals surface area contributed by atoms with Crippen molar-refractivity contribution in [1.82, 2.24) is 9.88 Å². The van der Waals surface area contributed by atoms with Crippen molar-refractivity contribution in [3.63, 3.8) is 0 Å². The van der Waals surface area contributed by atoms with Crippen molar-refractivity contribution in [1.29, 1.82) is 0 Å². The number of benzene rings is 1. The third-order valence-corrected chi connectivity index (χ3v) is 5.34. The SMILES string of the molecule is CN1CC=C(c2c[nH]c3ccc(N=C(N)c4cccs4)cc23)CC1.Cl. The Bertz CT molecular complexity index is 924. The minimum atomic E-state index is 0. The van der Waals surface area contributed by atoms with E-state index in [4.69, 9.17) is 5.73 Å². The van der Waals surface area contributed by atoms with Crippen molar-refractivity contribution in [2.24, 2.45) is 10.7 Å². The van der Waals surface area contributed by atoms with E-state index in [2.05, 4.69) is 46.3 Å². The van der Waals surface area contributed by atoms with Gasteiger partial charge in [-0.1, -0.05) is 12.1 Å². The van der Waals surface area contributed by atoms with E-state index in [-0.39, 0.29) is 12.4 Å². The Morgan fingerprint density at radius 1 is 1.32 bits per heavy atom. The van der Waals surface area contributed by atoms with E-state index in [0.717, 1.165) is 35.6 Å². The smallest absolute Gasteiger partial charge is 0.141 e. The van der Waals surface area contributed by atoms with E-state index in [9.17, 15) is 0 Å². The van der Waals surface area contributed by atoms with Gasteiger partial charge >= 0.3 is 0 Å². The zero-order chi connectivity index (χ0) is 16.5. The van der Waals surface area contributed by atoms with Crippen LogP contribution in [0.15, 0.2) is 53.0 Å². The first-order chi connectivity index (χ1) is 11.7.